The second-order valence-electron chi connectivity index (χ2n) is 4.26. The first-order valence-corrected chi connectivity index (χ1v) is 6.16. The first-order chi connectivity index (χ1) is 9.52. The number of pyridine rings is 1. The maximum Gasteiger partial charge on any atom is 0.261 e. The summed E-state index contributed by atoms with van der Waals surface area (Å²) in [5.41, 5.74) is 1.53. The summed E-state index contributed by atoms with van der Waals surface area (Å²) in [5, 5.41) is 9.21. The quantitative estimate of drug-likeness (QED) is 0.898. The fraction of sp³-hybridized carbons (Fsp3) is 0.308. The van der Waals surface area contributed by atoms with Crippen molar-refractivity contribution < 1.29 is 13.7 Å². The number of nitrogens with zero attached hydrogens (tertiary/aromatic N) is 2. The fourth-order valence-electron chi connectivity index (χ4n) is 1.62. The van der Waals surface area contributed by atoms with E-state index in [0.717, 1.165) is 17.8 Å². The van der Waals surface area contributed by atoms with E-state index in [1.54, 1.807) is 13.8 Å². The van der Waals surface area contributed by atoms with Crippen LogP contribution in [-0.2, 0) is 0 Å². The number of rotatable bonds is 4. The molecular weight excluding hydrogens is 263 g/mol. The lowest BCUT2D eigenvalue weighted by atomic mass is 10.2. The van der Waals surface area contributed by atoms with Gasteiger partial charge >= 0.3 is 0 Å². The Balaban J connectivity index is 2.28. The molecule has 2 aromatic rings. The van der Waals surface area contributed by atoms with Gasteiger partial charge in [-0.15, -0.1) is 0 Å². The van der Waals surface area contributed by atoms with Crippen LogP contribution in [0.3, 0.4) is 0 Å². The van der Waals surface area contributed by atoms with Gasteiger partial charge in [0.25, 0.3) is 5.91 Å². The Hall–Kier alpha value is -2.44. The van der Waals surface area contributed by atoms with Gasteiger partial charge in [-0.25, -0.2) is 9.37 Å². The number of amides is 1. The molecule has 0 bridgehead atoms. The van der Waals surface area contributed by atoms with E-state index in [1.807, 2.05) is 6.92 Å². The van der Waals surface area contributed by atoms with Crippen molar-refractivity contribution in [3.63, 3.8) is 0 Å². The predicted octanol–water partition coefficient (Wildman–Crippen LogP) is 2.51. The second-order valence-corrected chi connectivity index (χ2v) is 4.26. The summed E-state index contributed by atoms with van der Waals surface area (Å²) in [4.78, 5) is 16.0. The Morgan fingerprint density at radius 3 is 2.80 bits per heavy atom. The van der Waals surface area contributed by atoms with Gasteiger partial charge in [-0.3, -0.25) is 10.1 Å². The van der Waals surface area contributed by atoms with Gasteiger partial charge < -0.3 is 9.84 Å². The Labute approximate surface area is 115 Å². The minimum Gasteiger partial charge on any atom is -0.370 e. The number of carbonyl (C=O) groups is 1. The molecule has 0 aromatic carbocycles. The van der Waals surface area contributed by atoms with Crippen LogP contribution < -0.4 is 10.6 Å². The molecule has 0 aliphatic heterocycles. The van der Waals surface area contributed by atoms with E-state index in [4.69, 9.17) is 4.52 Å². The van der Waals surface area contributed by atoms with Crippen LogP contribution in [0, 0.1) is 19.7 Å². The Bertz CT molecular complexity index is 639. The summed E-state index contributed by atoms with van der Waals surface area (Å²) in [6.07, 6.45) is 1.05. The van der Waals surface area contributed by atoms with Crippen LogP contribution in [0.4, 0.5) is 16.1 Å². The number of anilines is 2. The molecule has 1 amide bonds. The van der Waals surface area contributed by atoms with Crippen LogP contribution in [0.1, 0.15) is 28.5 Å². The molecule has 20 heavy (non-hydrogen) atoms. The van der Waals surface area contributed by atoms with Crippen molar-refractivity contribution >= 4 is 17.6 Å². The molecular formula is C13H15FN4O2. The Kier molecular flexibility index (Phi) is 3.97. The Morgan fingerprint density at radius 2 is 2.20 bits per heavy atom. The van der Waals surface area contributed by atoms with E-state index in [2.05, 4.69) is 20.8 Å². The van der Waals surface area contributed by atoms with Crippen molar-refractivity contribution in [1.29, 1.82) is 0 Å². The lowest BCUT2D eigenvalue weighted by Gasteiger charge is -2.09. The summed E-state index contributed by atoms with van der Waals surface area (Å²) in [6.45, 7) is 5.97. The van der Waals surface area contributed by atoms with Crippen molar-refractivity contribution in [2.24, 2.45) is 0 Å². The highest BCUT2D eigenvalue weighted by Crippen LogP contribution is 2.20. The number of halogens is 1. The lowest BCUT2D eigenvalue weighted by molar-refractivity contribution is 0.102. The van der Waals surface area contributed by atoms with Gasteiger partial charge in [-0.05, 0) is 26.8 Å². The molecule has 2 rings (SSSR count). The third kappa shape index (κ3) is 2.76. The summed E-state index contributed by atoms with van der Waals surface area (Å²) >= 11 is 0. The largest absolute Gasteiger partial charge is 0.370 e. The van der Waals surface area contributed by atoms with E-state index in [0.29, 0.717) is 18.1 Å². The molecule has 0 saturated carbocycles. The van der Waals surface area contributed by atoms with E-state index in [1.165, 1.54) is 0 Å². The molecule has 2 heterocycles. The van der Waals surface area contributed by atoms with E-state index in [-0.39, 0.29) is 11.4 Å². The Morgan fingerprint density at radius 1 is 1.45 bits per heavy atom. The molecule has 0 aliphatic carbocycles. The highest BCUT2D eigenvalue weighted by molar-refractivity contribution is 6.07. The molecule has 2 aromatic heterocycles. The first kappa shape index (κ1) is 14.0. The zero-order valence-corrected chi connectivity index (χ0v) is 11.5. The number of aryl methyl sites for hydroxylation is 1. The van der Waals surface area contributed by atoms with Gasteiger partial charge in [0, 0.05) is 12.1 Å². The third-order valence-electron chi connectivity index (χ3n) is 2.83. The standard InChI is InChI=1S/C13H15FN4O2/c1-4-15-11-10(5-9(14)6-16-11)12(19)17-13-7(2)8(3)18-20-13/h5-6H,4H2,1-3H3,(H,15,16)(H,17,19). The summed E-state index contributed by atoms with van der Waals surface area (Å²) in [5.74, 6) is -0.519. The topological polar surface area (TPSA) is 80.0 Å². The molecule has 7 heteroatoms. The molecule has 2 N–H and O–H groups in total. The highest BCUT2D eigenvalue weighted by atomic mass is 19.1. The van der Waals surface area contributed by atoms with Gasteiger partial charge in [0.1, 0.15) is 11.6 Å². The summed E-state index contributed by atoms with van der Waals surface area (Å²) in [7, 11) is 0. The van der Waals surface area contributed by atoms with E-state index < -0.39 is 11.7 Å². The minimum atomic E-state index is -0.581. The molecule has 0 saturated heterocycles. The molecule has 106 valence electrons. The van der Waals surface area contributed by atoms with Crippen LogP contribution in [0.25, 0.3) is 0 Å². The predicted molar refractivity (Wildman–Crippen MR) is 72.3 cm³/mol. The van der Waals surface area contributed by atoms with Gasteiger partial charge in [0.15, 0.2) is 0 Å². The van der Waals surface area contributed by atoms with E-state index >= 15 is 0 Å². The first-order valence-electron chi connectivity index (χ1n) is 6.16. The third-order valence-corrected chi connectivity index (χ3v) is 2.83. The molecule has 0 atom stereocenters. The zero-order valence-electron chi connectivity index (χ0n) is 11.5. The second kappa shape index (κ2) is 5.68. The molecule has 0 spiro atoms. The average molecular weight is 278 g/mol. The summed E-state index contributed by atoms with van der Waals surface area (Å²) < 4.78 is 18.3. The van der Waals surface area contributed by atoms with Crippen LogP contribution in [0.2, 0.25) is 0 Å². The smallest absolute Gasteiger partial charge is 0.261 e. The van der Waals surface area contributed by atoms with Crippen molar-refractivity contribution in [3.8, 4) is 0 Å². The highest BCUT2D eigenvalue weighted by Gasteiger charge is 2.17. The lowest BCUT2D eigenvalue weighted by Crippen LogP contribution is -2.16. The average Bonchev–Trinajstić information content (AvgIpc) is 2.73. The number of hydrogen-bond acceptors (Lipinski definition) is 5. The van der Waals surface area contributed by atoms with Crippen molar-refractivity contribution in [3.05, 3.63) is 34.9 Å². The number of nitrogens with one attached hydrogen (secondary N) is 2. The van der Waals surface area contributed by atoms with Crippen LogP contribution in [0.5, 0.6) is 0 Å². The fourth-order valence-corrected chi connectivity index (χ4v) is 1.62. The monoisotopic (exact) mass is 278 g/mol. The number of carbonyl (C=O) groups excluding carboxylic acids is 1. The van der Waals surface area contributed by atoms with Gasteiger partial charge in [0.05, 0.1) is 17.5 Å². The molecule has 0 aliphatic rings. The van der Waals surface area contributed by atoms with Gasteiger partial charge in [-0.2, -0.15) is 0 Å². The van der Waals surface area contributed by atoms with E-state index in [9.17, 15) is 9.18 Å². The summed E-state index contributed by atoms with van der Waals surface area (Å²) in [6, 6.07) is 1.12. The zero-order chi connectivity index (χ0) is 14.7. The van der Waals surface area contributed by atoms with Crippen LogP contribution in [-0.4, -0.2) is 22.6 Å². The van der Waals surface area contributed by atoms with Crippen molar-refractivity contribution in [2.45, 2.75) is 20.8 Å². The maximum atomic E-state index is 13.3. The normalized spacial score (nSPS) is 10.4. The number of aromatic nitrogens is 2. The SMILES string of the molecule is CCNc1ncc(F)cc1C(=O)Nc1onc(C)c1C. The van der Waals surface area contributed by atoms with Gasteiger partial charge in [-0.1, -0.05) is 5.16 Å². The molecule has 0 unspecified atom stereocenters. The van der Waals surface area contributed by atoms with Crippen LogP contribution in [0.15, 0.2) is 16.8 Å². The van der Waals surface area contributed by atoms with Crippen molar-refractivity contribution in [1.82, 2.24) is 10.1 Å². The number of hydrogen-bond donors (Lipinski definition) is 2. The van der Waals surface area contributed by atoms with Gasteiger partial charge in [0.2, 0.25) is 5.88 Å². The maximum absolute atomic E-state index is 13.3. The van der Waals surface area contributed by atoms with Crippen molar-refractivity contribution in [2.75, 3.05) is 17.2 Å². The minimum absolute atomic E-state index is 0.111. The van der Waals surface area contributed by atoms with Crippen LogP contribution >= 0.6 is 0 Å². The molecule has 6 nitrogen and oxygen atoms in total. The molecule has 0 radical (unpaired) electrons. The molecule has 0 fully saturated rings.